The molecule has 20 heavy (non-hydrogen) atoms. The van der Waals surface area contributed by atoms with Crippen molar-refractivity contribution in [2.75, 3.05) is 0 Å². The molecule has 2 aromatic rings. The molecule has 0 saturated carbocycles. The topological polar surface area (TPSA) is 23.8 Å². The predicted octanol–water partition coefficient (Wildman–Crippen LogP) is 4.40. The summed E-state index contributed by atoms with van der Waals surface area (Å²) in [7, 11) is 0. The van der Waals surface area contributed by atoms with E-state index in [1.54, 1.807) is 19.9 Å². The first-order chi connectivity index (χ1) is 9.36. The maximum absolute atomic E-state index is 13.9. The molecule has 0 aliphatic rings. The quantitative estimate of drug-likeness (QED) is 0.560. The summed E-state index contributed by atoms with van der Waals surface area (Å²) in [5.41, 5.74) is -0.633. The Morgan fingerprint density at radius 2 is 1.25 bits per heavy atom. The van der Waals surface area contributed by atoms with Crippen molar-refractivity contribution in [1.82, 2.24) is 0 Å². The standard InChI is InChI=1S/C15H9F4N/c1-7-3-8(2)5-9(4-7)11-14(18)12(16)10(6-20)13(17)15(11)19/h3-5H,1-2H3. The summed E-state index contributed by atoms with van der Waals surface area (Å²) in [5.74, 6) is -6.49. The second-order valence-corrected chi connectivity index (χ2v) is 4.49. The Bertz CT molecular complexity index is 695. The Morgan fingerprint density at radius 3 is 1.65 bits per heavy atom. The van der Waals surface area contributed by atoms with Gasteiger partial charge in [-0.25, -0.2) is 17.6 Å². The van der Waals surface area contributed by atoms with E-state index in [4.69, 9.17) is 5.26 Å². The van der Waals surface area contributed by atoms with Crippen molar-refractivity contribution in [2.45, 2.75) is 13.8 Å². The molecule has 0 unspecified atom stereocenters. The van der Waals surface area contributed by atoms with E-state index in [9.17, 15) is 17.6 Å². The van der Waals surface area contributed by atoms with Crippen molar-refractivity contribution in [3.8, 4) is 17.2 Å². The van der Waals surface area contributed by atoms with E-state index in [0.29, 0.717) is 11.1 Å². The lowest BCUT2D eigenvalue weighted by Gasteiger charge is -2.10. The number of rotatable bonds is 1. The van der Waals surface area contributed by atoms with Crippen LogP contribution in [0.1, 0.15) is 16.7 Å². The zero-order valence-corrected chi connectivity index (χ0v) is 10.7. The minimum atomic E-state index is -1.68. The molecule has 0 aliphatic carbocycles. The highest BCUT2D eigenvalue weighted by Crippen LogP contribution is 2.32. The Labute approximate surface area is 113 Å². The van der Waals surface area contributed by atoms with E-state index < -0.39 is 34.4 Å². The van der Waals surface area contributed by atoms with Crippen LogP contribution in [0.2, 0.25) is 0 Å². The minimum absolute atomic E-state index is 0.0276. The first-order valence-corrected chi connectivity index (χ1v) is 5.71. The molecule has 5 heteroatoms. The Balaban J connectivity index is 2.85. The molecule has 0 aromatic heterocycles. The van der Waals surface area contributed by atoms with Crippen molar-refractivity contribution in [2.24, 2.45) is 0 Å². The molecule has 0 heterocycles. The Morgan fingerprint density at radius 1 is 0.800 bits per heavy atom. The summed E-state index contributed by atoms with van der Waals surface area (Å²) in [6, 6.07) is 5.71. The van der Waals surface area contributed by atoms with Gasteiger partial charge in [-0.05, 0) is 19.4 Å². The molecule has 0 radical (unpaired) electrons. The third-order valence-corrected chi connectivity index (χ3v) is 2.89. The SMILES string of the molecule is Cc1cc(C)cc(-c2c(F)c(F)c(C#N)c(F)c2F)c1. The normalized spacial score (nSPS) is 10.4. The van der Waals surface area contributed by atoms with Gasteiger partial charge in [0.15, 0.2) is 23.3 Å². The van der Waals surface area contributed by atoms with Gasteiger partial charge in [-0.15, -0.1) is 0 Å². The number of hydrogen-bond donors (Lipinski definition) is 0. The van der Waals surface area contributed by atoms with E-state index in [1.165, 1.54) is 12.1 Å². The average Bonchev–Trinajstić information content (AvgIpc) is 2.36. The monoisotopic (exact) mass is 279 g/mol. The van der Waals surface area contributed by atoms with Crippen LogP contribution < -0.4 is 0 Å². The number of nitrogens with zero attached hydrogens (tertiary/aromatic N) is 1. The van der Waals surface area contributed by atoms with Crippen LogP contribution in [0, 0.1) is 48.4 Å². The van der Waals surface area contributed by atoms with Crippen molar-refractivity contribution < 1.29 is 17.6 Å². The third kappa shape index (κ3) is 2.14. The third-order valence-electron chi connectivity index (χ3n) is 2.89. The average molecular weight is 279 g/mol. The van der Waals surface area contributed by atoms with Crippen LogP contribution in [0.3, 0.4) is 0 Å². The van der Waals surface area contributed by atoms with E-state index in [2.05, 4.69) is 0 Å². The van der Waals surface area contributed by atoms with Crippen LogP contribution in [0.25, 0.3) is 11.1 Å². The first-order valence-electron chi connectivity index (χ1n) is 5.71. The zero-order chi connectivity index (χ0) is 15.0. The highest BCUT2D eigenvalue weighted by Gasteiger charge is 2.26. The van der Waals surface area contributed by atoms with E-state index in [1.807, 2.05) is 0 Å². The molecule has 0 atom stereocenters. The fraction of sp³-hybridized carbons (Fsp3) is 0.133. The molecular weight excluding hydrogens is 270 g/mol. The van der Waals surface area contributed by atoms with E-state index in [0.717, 1.165) is 6.07 Å². The van der Waals surface area contributed by atoms with E-state index >= 15 is 0 Å². The van der Waals surface area contributed by atoms with Gasteiger partial charge in [0.2, 0.25) is 0 Å². The lowest BCUT2D eigenvalue weighted by Crippen LogP contribution is -2.04. The van der Waals surface area contributed by atoms with Gasteiger partial charge in [-0.3, -0.25) is 0 Å². The van der Waals surface area contributed by atoms with Crippen LogP contribution in [0.15, 0.2) is 18.2 Å². The molecular formula is C15H9F4N. The van der Waals surface area contributed by atoms with Crippen LogP contribution in [0.4, 0.5) is 17.6 Å². The maximum Gasteiger partial charge on any atom is 0.180 e. The van der Waals surface area contributed by atoms with Crippen molar-refractivity contribution in [3.05, 3.63) is 58.2 Å². The fourth-order valence-corrected chi connectivity index (χ4v) is 2.10. The Hall–Kier alpha value is -2.35. The molecule has 0 bridgehead atoms. The lowest BCUT2D eigenvalue weighted by molar-refractivity contribution is 0.454. The van der Waals surface area contributed by atoms with Gasteiger partial charge >= 0.3 is 0 Å². The lowest BCUT2D eigenvalue weighted by atomic mass is 9.98. The number of benzene rings is 2. The molecule has 0 aliphatic heterocycles. The van der Waals surface area contributed by atoms with Crippen molar-refractivity contribution >= 4 is 0 Å². The van der Waals surface area contributed by atoms with Gasteiger partial charge in [0.1, 0.15) is 11.6 Å². The fourth-order valence-electron chi connectivity index (χ4n) is 2.10. The minimum Gasteiger partial charge on any atom is -0.203 e. The summed E-state index contributed by atoms with van der Waals surface area (Å²) in [6.07, 6.45) is 0. The second kappa shape index (κ2) is 4.97. The van der Waals surface area contributed by atoms with Crippen LogP contribution in [-0.2, 0) is 0 Å². The molecule has 0 spiro atoms. The largest absolute Gasteiger partial charge is 0.203 e. The number of hydrogen-bond acceptors (Lipinski definition) is 1. The number of aryl methyl sites for hydroxylation is 2. The van der Waals surface area contributed by atoms with Gasteiger partial charge in [0, 0.05) is 0 Å². The maximum atomic E-state index is 13.9. The van der Waals surface area contributed by atoms with Gasteiger partial charge in [-0.1, -0.05) is 29.3 Å². The zero-order valence-electron chi connectivity index (χ0n) is 10.7. The second-order valence-electron chi connectivity index (χ2n) is 4.49. The number of halogens is 4. The van der Waals surface area contributed by atoms with Crippen LogP contribution >= 0.6 is 0 Å². The van der Waals surface area contributed by atoms with Crippen LogP contribution in [-0.4, -0.2) is 0 Å². The summed E-state index contributed by atoms with van der Waals surface area (Å²) >= 11 is 0. The van der Waals surface area contributed by atoms with Gasteiger partial charge < -0.3 is 0 Å². The molecule has 0 saturated heterocycles. The molecule has 0 fully saturated rings. The summed E-state index contributed by atoms with van der Waals surface area (Å²) < 4.78 is 55.0. The predicted molar refractivity (Wildman–Crippen MR) is 65.9 cm³/mol. The molecule has 2 rings (SSSR count). The first kappa shape index (κ1) is 14.1. The summed E-state index contributed by atoms with van der Waals surface area (Å²) in [6.45, 7) is 3.39. The smallest absolute Gasteiger partial charge is 0.180 e. The molecule has 102 valence electrons. The molecule has 0 N–H and O–H groups in total. The van der Waals surface area contributed by atoms with Gasteiger partial charge in [0.05, 0.1) is 5.56 Å². The van der Waals surface area contributed by atoms with Crippen LogP contribution in [0.5, 0.6) is 0 Å². The molecule has 2 aromatic carbocycles. The summed E-state index contributed by atoms with van der Waals surface area (Å²) in [4.78, 5) is 0. The highest BCUT2D eigenvalue weighted by atomic mass is 19.2. The Kier molecular flexibility index (Phi) is 3.49. The van der Waals surface area contributed by atoms with E-state index in [-0.39, 0.29) is 5.56 Å². The molecule has 1 nitrogen and oxygen atoms in total. The highest BCUT2D eigenvalue weighted by molar-refractivity contribution is 5.68. The molecule has 0 amide bonds. The van der Waals surface area contributed by atoms with Crippen molar-refractivity contribution in [3.63, 3.8) is 0 Å². The van der Waals surface area contributed by atoms with Gasteiger partial charge in [-0.2, -0.15) is 5.26 Å². The summed E-state index contributed by atoms with van der Waals surface area (Å²) in [5, 5.41) is 8.53. The van der Waals surface area contributed by atoms with Crippen molar-refractivity contribution in [1.29, 1.82) is 5.26 Å². The number of nitriles is 1. The van der Waals surface area contributed by atoms with Gasteiger partial charge in [0.25, 0.3) is 0 Å².